The van der Waals surface area contributed by atoms with Gasteiger partial charge in [0.25, 0.3) is 0 Å². The molecule has 1 unspecified atom stereocenters. The van der Waals surface area contributed by atoms with Crippen molar-refractivity contribution in [2.75, 3.05) is 39.9 Å². The van der Waals surface area contributed by atoms with E-state index < -0.39 is 0 Å². The molecule has 1 saturated heterocycles. The van der Waals surface area contributed by atoms with Crippen LogP contribution < -0.4 is 5.32 Å². The van der Waals surface area contributed by atoms with Gasteiger partial charge >= 0.3 is 0 Å². The summed E-state index contributed by atoms with van der Waals surface area (Å²) in [6.07, 6.45) is 2.64. The lowest BCUT2D eigenvalue weighted by Gasteiger charge is -2.32. The van der Waals surface area contributed by atoms with Crippen LogP contribution in [0.15, 0.2) is 12.1 Å². The fourth-order valence-electron chi connectivity index (χ4n) is 2.76. The van der Waals surface area contributed by atoms with E-state index >= 15 is 0 Å². The number of rotatable bonds is 7. The molecule has 1 aliphatic heterocycles. The molecule has 0 aromatic carbocycles. The maximum absolute atomic E-state index is 5.27. The quantitative estimate of drug-likeness (QED) is 0.778. The van der Waals surface area contributed by atoms with E-state index in [1.54, 1.807) is 0 Å². The smallest absolute Gasteiger partial charge is 0.0502 e. The van der Waals surface area contributed by atoms with Crippen LogP contribution in [0.3, 0.4) is 0 Å². The van der Waals surface area contributed by atoms with Crippen LogP contribution in [-0.2, 0) is 11.3 Å². The monoisotopic (exact) mass is 282 g/mol. The lowest BCUT2D eigenvalue weighted by molar-refractivity contribution is 0.0911. The van der Waals surface area contributed by atoms with Crippen LogP contribution in [0.25, 0.3) is 0 Å². The van der Waals surface area contributed by atoms with Crippen LogP contribution in [-0.4, -0.2) is 44.8 Å². The highest BCUT2D eigenvalue weighted by atomic mass is 32.1. The Labute approximate surface area is 121 Å². The fourth-order valence-corrected chi connectivity index (χ4v) is 3.61. The van der Waals surface area contributed by atoms with Gasteiger partial charge in [0, 0.05) is 43.0 Å². The number of ether oxygens (including phenoxy) is 1. The highest BCUT2D eigenvalue weighted by Gasteiger charge is 2.18. The number of thiophene rings is 1. The molecular formula is C15H26N2OS. The van der Waals surface area contributed by atoms with Crippen LogP contribution in [0.5, 0.6) is 0 Å². The Morgan fingerprint density at radius 1 is 1.47 bits per heavy atom. The van der Waals surface area contributed by atoms with E-state index in [1.807, 2.05) is 18.4 Å². The van der Waals surface area contributed by atoms with Crippen molar-refractivity contribution in [3.63, 3.8) is 0 Å². The third-order valence-electron chi connectivity index (χ3n) is 3.71. The predicted molar refractivity (Wildman–Crippen MR) is 81.8 cm³/mol. The predicted octanol–water partition coefficient (Wildman–Crippen LogP) is 2.50. The Morgan fingerprint density at radius 3 is 3.11 bits per heavy atom. The molecule has 2 rings (SSSR count). The second-order valence-electron chi connectivity index (χ2n) is 5.45. The van der Waals surface area contributed by atoms with Crippen molar-refractivity contribution in [2.45, 2.75) is 26.3 Å². The molecule has 0 amide bonds. The van der Waals surface area contributed by atoms with E-state index in [1.165, 1.54) is 35.7 Å². The number of likely N-dealkylation sites (tertiary alicyclic amines) is 1. The fraction of sp³-hybridized carbons (Fsp3) is 0.733. The molecule has 1 fully saturated rings. The minimum Gasteiger partial charge on any atom is -0.384 e. The molecule has 108 valence electrons. The van der Waals surface area contributed by atoms with Crippen molar-refractivity contribution < 1.29 is 4.74 Å². The lowest BCUT2D eigenvalue weighted by atomic mass is 9.99. The number of hydrogen-bond acceptors (Lipinski definition) is 4. The van der Waals surface area contributed by atoms with Gasteiger partial charge in [-0.25, -0.2) is 0 Å². The molecule has 4 heteroatoms. The first-order chi connectivity index (χ1) is 9.28. The molecule has 1 aliphatic rings. The van der Waals surface area contributed by atoms with Crippen molar-refractivity contribution >= 4 is 11.3 Å². The average molecular weight is 282 g/mol. The van der Waals surface area contributed by atoms with Crippen molar-refractivity contribution in [3.8, 4) is 0 Å². The zero-order chi connectivity index (χ0) is 13.5. The number of methoxy groups -OCH3 is 1. The summed E-state index contributed by atoms with van der Waals surface area (Å²) in [4.78, 5) is 5.41. The Bertz CT molecular complexity index is 365. The van der Waals surface area contributed by atoms with Crippen LogP contribution in [0, 0.1) is 12.8 Å². The standard InChI is InChI=1S/C15H26N2OS/c1-13-5-6-15(19-13)10-16-7-9-17-8-3-4-14(11-17)12-18-2/h5-6,14,16H,3-4,7-12H2,1-2H3. The van der Waals surface area contributed by atoms with Crippen LogP contribution in [0.4, 0.5) is 0 Å². The summed E-state index contributed by atoms with van der Waals surface area (Å²) in [7, 11) is 1.81. The Hall–Kier alpha value is -0.420. The Kier molecular flexibility index (Phi) is 6.31. The molecule has 1 aromatic rings. The lowest BCUT2D eigenvalue weighted by Crippen LogP contribution is -2.40. The molecule has 0 aliphatic carbocycles. The minimum atomic E-state index is 0.735. The van der Waals surface area contributed by atoms with Gasteiger partial charge in [0.2, 0.25) is 0 Å². The maximum Gasteiger partial charge on any atom is 0.0502 e. The molecule has 0 spiro atoms. The maximum atomic E-state index is 5.27. The van der Waals surface area contributed by atoms with Gasteiger partial charge in [0.1, 0.15) is 0 Å². The molecular weight excluding hydrogens is 256 g/mol. The van der Waals surface area contributed by atoms with Crippen LogP contribution in [0.2, 0.25) is 0 Å². The van der Waals surface area contributed by atoms with E-state index in [-0.39, 0.29) is 0 Å². The number of hydrogen-bond donors (Lipinski definition) is 1. The van der Waals surface area contributed by atoms with Crippen molar-refractivity contribution in [1.82, 2.24) is 10.2 Å². The normalized spacial score (nSPS) is 20.8. The van der Waals surface area contributed by atoms with E-state index in [2.05, 4.69) is 29.3 Å². The topological polar surface area (TPSA) is 24.5 Å². The van der Waals surface area contributed by atoms with Crippen molar-refractivity contribution in [2.24, 2.45) is 5.92 Å². The average Bonchev–Trinajstić information content (AvgIpc) is 2.82. The Balaban J connectivity index is 1.60. The summed E-state index contributed by atoms with van der Waals surface area (Å²) in [6, 6.07) is 4.42. The molecule has 19 heavy (non-hydrogen) atoms. The molecule has 1 N–H and O–H groups in total. The summed E-state index contributed by atoms with van der Waals surface area (Å²) >= 11 is 1.89. The first-order valence-corrected chi connectivity index (χ1v) is 8.07. The van der Waals surface area contributed by atoms with Gasteiger partial charge in [-0.05, 0) is 44.4 Å². The summed E-state index contributed by atoms with van der Waals surface area (Å²) in [6.45, 7) is 8.78. The first kappa shape index (κ1) is 15.0. The summed E-state index contributed by atoms with van der Waals surface area (Å²) in [5, 5.41) is 3.55. The van der Waals surface area contributed by atoms with E-state index in [0.717, 1.165) is 32.2 Å². The van der Waals surface area contributed by atoms with Crippen molar-refractivity contribution in [1.29, 1.82) is 0 Å². The van der Waals surface area contributed by atoms with Gasteiger partial charge < -0.3 is 15.0 Å². The second-order valence-corrected chi connectivity index (χ2v) is 6.83. The highest BCUT2D eigenvalue weighted by Crippen LogP contribution is 2.16. The minimum absolute atomic E-state index is 0.735. The van der Waals surface area contributed by atoms with Gasteiger partial charge in [0.15, 0.2) is 0 Å². The Morgan fingerprint density at radius 2 is 2.37 bits per heavy atom. The molecule has 3 nitrogen and oxygen atoms in total. The largest absolute Gasteiger partial charge is 0.384 e. The highest BCUT2D eigenvalue weighted by molar-refractivity contribution is 7.11. The zero-order valence-corrected chi connectivity index (χ0v) is 13.0. The summed E-state index contributed by atoms with van der Waals surface area (Å²) in [5.74, 6) is 0.735. The van der Waals surface area contributed by atoms with Gasteiger partial charge in [-0.1, -0.05) is 0 Å². The number of aryl methyl sites for hydroxylation is 1. The number of nitrogens with zero attached hydrogens (tertiary/aromatic N) is 1. The van der Waals surface area contributed by atoms with Crippen LogP contribution >= 0.6 is 11.3 Å². The molecule has 1 atom stereocenters. The molecule has 1 aromatic heterocycles. The first-order valence-electron chi connectivity index (χ1n) is 7.25. The SMILES string of the molecule is COCC1CCCN(CCNCc2ccc(C)s2)C1. The van der Waals surface area contributed by atoms with Gasteiger partial charge in [-0.15, -0.1) is 11.3 Å². The summed E-state index contributed by atoms with van der Waals surface area (Å²) in [5.41, 5.74) is 0. The third-order valence-corrected chi connectivity index (χ3v) is 4.71. The molecule has 2 heterocycles. The van der Waals surface area contributed by atoms with E-state index in [9.17, 15) is 0 Å². The van der Waals surface area contributed by atoms with Gasteiger partial charge in [-0.3, -0.25) is 0 Å². The third kappa shape index (κ3) is 5.22. The molecule has 0 saturated carbocycles. The van der Waals surface area contributed by atoms with Gasteiger partial charge in [-0.2, -0.15) is 0 Å². The molecule has 0 bridgehead atoms. The summed E-state index contributed by atoms with van der Waals surface area (Å²) < 4.78 is 5.27. The zero-order valence-electron chi connectivity index (χ0n) is 12.2. The second kappa shape index (κ2) is 8.00. The number of piperidine rings is 1. The van der Waals surface area contributed by atoms with E-state index in [4.69, 9.17) is 4.74 Å². The van der Waals surface area contributed by atoms with Crippen LogP contribution in [0.1, 0.15) is 22.6 Å². The van der Waals surface area contributed by atoms with E-state index in [0.29, 0.717) is 0 Å². The van der Waals surface area contributed by atoms with Crippen molar-refractivity contribution in [3.05, 3.63) is 21.9 Å². The van der Waals surface area contributed by atoms with Gasteiger partial charge in [0.05, 0.1) is 6.61 Å². The number of nitrogens with one attached hydrogen (secondary N) is 1. The molecule has 0 radical (unpaired) electrons.